The highest BCUT2D eigenvalue weighted by Gasteiger charge is 2.20. The van der Waals surface area contributed by atoms with Crippen LogP contribution in [0.2, 0.25) is 0 Å². The Bertz CT molecular complexity index is 521. The van der Waals surface area contributed by atoms with Crippen LogP contribution in [0.5, 0.6) is 0 Å². The third kappa shape index (κ3) is 4.81. The van der Waals surface area contributed by atoms with E-state index >= 15 is 0 Å². The third-order valence-electron chi connectivity index (χ3n) is 2.29. The summed E-state index contributed by atoms with van der Waals surface area (Å²) in [5.74, 6) is -0.970. The summed E-state index contributed by atoms with van der Waals surface area (Å²) in [5.41, 5.74) is 0.556. The van der Waals surface area contributed by atoms with Crippen molar-refractivity contribution >= 4 is 10.0 Å². The molecule has 0 unspecified atom stereocenters. The molecule has 0 amide bonds. The molecule has 0 saturated carbocycles. The van der Waals surface area contributed by atoms with Crippen LogP contribution in [0.3, 0.4) is 0 Å². The van der Waals surface area contributed by atoms with Crippen molar-refractivity contribution in [1.82, 2.24) is 10.0 Å². The molecule has 0 saturated heterocycles. The van der Waals surface area contributed by atoms with E-state index in [1.165, 1.54) is 6.07 Å². The molecule has 1 rings (SSSR count). The molecule has 0 aliphatic heterocycles. The second-order valence-electron chi connectivity index (χ2n) is 3.79. The molecule has 0 aromatic heterocycles. The van der Waals surface area contributed by atoms with Gasteiger partial charge in [-0.1, -0.05) is 13.0 Å². The molecule has 0 heterocycles. The number of benzene rings is 1. The van der Waals surface area contributed by atoms with Crippen molar-refractivity contribution in [2.24, 2.45) is 0 Å². The summed E-state index contributed by atoms with van der Waals surface area (Å²) in [6.45, 7) is 1.86. The van der Waals surface area contributed by atoms with E-state index in [0.717, 1.165) is 12.1 Å². The van der Waals surface area contributed by atoms with E-state index < -0.39 is 33.7 Å². The first-order chi connectivity index (χ1) is 8.86. The number of halogens is 3. The molecule has 2 N–H and O–H groups in total. The zero-order chi connectivity index (χ0) is 14.5. The van der Waals surface area contributed by atoms with E-state index in [1.807, 2.05) is 6.92 Å². The summed E-state index contributed by atoms with van der Waals surface area (Å²) < 4.78 is 62.5. The van der Waals surface area contributed by atoms with Gasteiger partial charge in [-0.25, -0.2) is 26.3 Å². The fourth-order valence-electron chi connectivity index (χ4n) is 1.38. The molecule has 0 aliphatic carbocycles. The Kier molecular flexibility index (Phi) is 5.77. The Morgan fingerprint density at radius 3 is 2.58 bits per heavy atom. The van der Waals surface area contributed by atoms with Gasteiger partial charge >= 0.3 is 0 Å². The van der Waals surface area contributed by atoms with Crippen molar-refractivity contribution in [3.05, 3.63) is 29.6 Å². The summed E-state index contributed by atoms with van der Waals surface area (Å²) in [7, 11) is -4.27. The van der Waals surface area contributed by atoms with E-state index in [9.17, 15) is 21.6 Å². The first kappa shape index (κ1) is 15.9. The largest absolute Gasteiger partial charge is 0.313 e. The summed E-state index contributed by atoms with van der Waals surface area (Å²) in [6, 6.07) is 3.57. The highest BCUT2D eigenvalue weighted by atomic mass is 32.2. The summed E-state index contributed by atoms with van der Waals surface area (Å²) >= 11 is 0. The van der Waals surface area contributed by atoms with Gasteiger partial charge in [0.25, 0.3) is 6.43 Å². The van der Waals surface area contributed by atoms with Crippen LogP contribution in [0.25, 0.3) is 0 Å². The number of alkyl halides is 2. The van der Waals surface area contributed by atoms with Gasteiger partial charge in [-0.15, -0.1) is 0 Å². The minimum Gasteiger partial charge on any atom is -0.313 e. The SMILES string of the molecule is CCNCc1ccc(F)c(S(=O)(=O)NCC(F)F)c1. The monoisotopic (exact) mass is 296 g/mol. The predicted octanol–water partition coefficient (Wildman–Crippen LogP) is 1.48. The summed E-state index contributed by atoms with van der Waals surface area (Å²) in [4.78, 5) is -0.622. The van der Waals surface area contributed by atoms with Gasteiger partial charge in [-0.3, -0.25) is 0 Å². The fraction of sp³-hybridized carbons (Fsp3) is 0.455. The Hall–Kier alpha value is -1.12. The standard InChI is InChI=1S/C11H15F3N2O2S/c1-2-15-6-8-3-4-9(12)10(5-8)19(17,18)16-7-11(13)14/h3-5,11,15-16H,2,6-7H2,1H3. The molecule has 0 atom stereocenters. The van der Waals surface area contributed by atoms with Gasteiger partial charge in [0, 0.05) is 6.54 Å². The van der Waals surface area contributed by atoms with Gasteiger partial charge in [0.05, 0.1) is 6.54 Å². The van der Waals surface area contributed by atoms with Gasteiger partial charge in [-0.2, -0.15) is 0 Å². The van der Waals surface area contributed by atoms with E-state index in [1.54, 1.807) is 4.72 Å². The van der Waals surface area contributed by atoms with Gasteiger partial charge in [0.1, 0.15) is 10.7 Å². The van der Waals surface area contributed by atoms with Gasteiger partial charge in [0.15, 0.2) is 0 Å². The highest BCUT2D eigenvalue weighted by molar-refractivity contribution is 7.89. The minimum atomic E-state index is -4.27. The lowest BCUT2D eigenvalue weighted by Crippen LogP contribution is -2.29. The second-order valence-corrected chi connectivity index (χ2v) is 5.52. The number of sulfonamides is 1. The van der Waals surface area contributed by atoms with Crippen molar-refractivity contribution in [3.8, 4) is 0 Å². The van der Waals surface area contributed by atoms with Gasteiger partial charge < -0.3 is 5.32 Å². The first-order valence-corrected chi connectivity index (χ1v) is 7.12. The summed E-state index contributed by atoms with van der Waals surface area (Å²) in [6.07, 6.45) is -2.83. The summed E-state index contributed by atoms with van der Waals surface area (Å²) in [5, 5.41) is 2.96. The average Bonchev–Trinajstić information content (AvgIpc) is 2.35. The molecule has 19 heavy (non-hydrogen) atoms. The van der Waals surface area contributed by atoms with E-state index in [2.05, 4.69) is 5.32 Å². The van der Waals surface area contributed by atoms with Crippen LogP contribution in [0.4, 0.5) is 13.2 Å². The molecular formula is C11H15F3N2O2S. The van der Waals surface area contributed by atoms with Crippen LogP contribution < -0.4 is 10.0 Å². The van der Waals surface area contributed by atoms with Crippen molar-refractivity contribution in [2.75, 3.05) is 13.1 Å². The van der Waals surface area contributed by atoms with E-state index in [-0.39, 0.29) is 0 Å². The molecule has 0 radical (unpaired) electrons. The van der Waals surface area contributed by atoms with Crippen molar-refractivity contribution in [1.29, 1.82) is 0 Å². The fourth-order valence-corrected chi connectivity index (χ4v) is 2.52. The van der Waals surface area contributed by atoms with E-state index in [0.29, 0.717) is 18.7 Å². The molecule has 0 bridgehead atoms. The molecule has 4 nitrogen and oxygen atoms in total. The maximum absolute atomic E-state index is 13.5. The molecule has 1 aromatic rings. The van der Waals surface area contributed by atoms with Gasteiger partial charge in [0.2, 0.25) is 10.0 Å². The molecule has 0 fully saturated rings. The molecule has 8 heteroatoms. The predicted molar refractivity (Wildman–Crippen MR) is 65.0 cm³/mol. The normalized spacial score (nSPS) is 12.1. The lowest BCUT2D eigenvalue weighted by Gasteiger charge is -2.09. The zero-order valence-corrected chi connectivity index (χ0v) is 11.1. The molecular weight excluding hydrogens is 281 g/mol. The second kappa shape index (κ2) is 6.88. The lowest BCUT2D eigenvalue weighted by atomic mass is 10.2. The Morgan fingerprint density at radius 1 is 1.32 bits per heavy atom. The smallest absolute Gasteiger partial charge is 0.251 e. The molecule has 1 aromatic carbocycles. The van der Waals surface area contributed by atoms with Crippen LogP contribution in [-0.2, 0) is 16.6 Å². The van der Waals surface area contributed by atoms with Crippen LogP contribution >= 0.6 is 0 Å². The van der Waals surface area contributed by atoms with Crippen LogP contribution in [0.1, 0.15) is 12.5 Å². The quantitative estimate of drug-likeness (QED) is 0.801. The topological polar surface area (TPSA) is 58.2 Å². The first-order valence-electron chi connectivity index (χ1n) is 5.63. The van der Waals surface area contributed by atoms with Gasteiger partial charge in [-0.05, 0) is 24.2 Å². The van der Waals surface area contributed by atoms with Crippen LogP contribution in [0.15, 0.2) is 23.1 Å². The number of hydrogen-bond acceptors (Lipinski definition) is 3. The Balaban J connectivity index is 2.97. The maximum Gasteiger partial charge on any atom is 0.251 e. The molecule has 0 aliphatic rings. The van der Waals surface area contributed by atoms with Crippen molar-refractivity contribution in [2.45, 2.75) is 24.8 Å². The minimum absolute atomic E-state index is 0.369. The van der Waals surface area contributed by atoms with Crippen LogP contribution in [0, 0.1) is 5.82 Å². The Labute approximate surface area is 110 Å². The maximum atomic E-state index is 13.5. The highest BCUT2D eigenvalue weighted by Crippen LogP contribution is 2.16. The average molecular weight is 296 g/mol. The number of nitrogens with one attached hydrogen (secondary N) is 2. The molecule has 0 spiro atoms. The van der Waals surface area contributed by atoms with Crippen molar-refractivity contribution in [3.63, 3.8) is 0 Å². The van der Waals surface area contributed by atoms with Crippen LogP contribution in [-0.4, -0.2) is 27.9 Å². The lowest BCUT2D eigenvalue weighted by molar-refractivity contribution is 0.153. The Morgan fingerprint density at radius 2 is 2.00 bits per heavy atom. The molecule has 108 valence electrons. The van der Waals surface area contributed by atoms with E-state index in [4.69, 9.17) is 0 Å². The number of rotatable bonds is 7. The number of hydrogen-bond donors (Lipinski definition) is 2. The van der Waals surface area contributed by atoms with Crippen molar-refractivity contribution < 1.29 is 21.6 Å². The zero-order valence-electron chi connectivity index (χ0n) is 10.3. The third-order valence-corrected chi connectivity index (χ3v) is 3.73.